The summed E-state index contributed by atoms with van der Waals surface area (Å²) in [4.78, 5) is 0. The summed E-state index contributed by atoms with van der Waals surface area (Å²) < 4.78 is 5.74. The largest absolute Gasteiger partial charge is 0.493 e. The van der Waals surface area contributed by atoms with Crippen LogP contribution in [-0.4, -0.2) is 6.61 Å². The van der Waals surface area contributed by atoms with Crippen LogP contribution in [0.15, 0.2) is 42.5 Å². The molecule has 0 radical (unpaired) electrons. The fraction of sp³-hybridized carbons (Fsp3) is 0.235. The zero-order valence-corrected chi connectivity index (χ0v) is 11.3. The highest BCUT2D eigenvalue weighted by Crippen LogP contribution is 2.16. The second-order valence-electron chi connectivity index (χ2n) is 4.65. The molecule has 0 spiro atoms. The summed E-state index contributed by atoms with van der Waals surface area (Å²) >= 11 is 0. The SMILES string of the molecule is Cc1ccc(OCCc2ccc(C#N)cc2)cc1C. The highest BCUT2D eigenvalue weighted by atomic mass is 16.5. The minimum Gasteiger partial charge on any atom is -0.493 e. The van der Waals surface area contributed by atoms with Gasteiger partial charge in [-0.25, -0.2) is 0 Å². The summed E-state index contributed by atoms with van der Waals surface area (Å²) in [5.74, 6) is 0.914. The van der Waals surface area contributed by atoms with Gasteiger partial charge >= 0.3 is 0 Å². The van der Waals surface area contributed by atoms with Crippen molar-refractivity contribution < 1.29 is 4.74 Å². The topological polar surface area (TPSA) is 33.0 Å². The molecule has 2 aromatic carbocycles. The lowest BCUT2D eigenvalue weighted by Gasteiger charge is -2.08. The Labute approximate surface area is 114 Å². The normalized spacial score (nSPS) is 9.95. The molecule has 0 aliphatic rings. The van der Waals surface area contributed by atoms with Crippen LogP contribution in [0.4, 0.5) is 0 Å². The van der Waals surface area contributed by atoms with Crippen LogP contribution in [0, 0.1) is 25.2 Å². The molecule has 0 heterocycles. The lowest BCUT2D eigenvalue weighted by Crippen LogP contribution is -2.01. The van der Waals surface area contributed by atoms with Crippen LogP contribution in [-0.2, 0) is 6.42 Å². The van der Waals surface area contributed by atoms with E-state index in [1.807, 2.05) is 30.3 Å². The number of nitriles is 1. The van der Waals surface area contributed by atoms with Crippen LogP contribution in [0.5, 0.6) is 5.75 Å². The molecule has 2 aromatic rings. The Morgan fingerprint density at radius 1 is 1.00 bits per heavy atom. The highest BCUT2D eigenvalue weighted by Gasteiger charge is 1.98. The van der Waals surface area contributed by atoms with Gasteiger partial charge in [-0.15, -0.1) is 0 Å². The third kappa shape index (κ3) is 3.59. The molecule has 19 heavy (non-hydrogen) atoms. The van der Waals surface area contributed by atoms with Gasteiger partial charge in [0.2, 0.25) is 0 Å². The van der Waals surface area contributed by atoms with Gasteiger partial charge in [-0.1, -0.05) is 18.2 Å². The van der Waals surface area contributed by atoms with Gasteiger partial charge in [0.15, 0.2) is 0 Å². The molecule has 0 atom stereocenters. The minimum atomic E-state index is 0.647. The van der Waals surface area contributed by atoms with E-state index in [4.69, 9.17) is 10.00 Å². The lowest BCUT2D eigenvalue weighted by atomic mass is 10.1. The van der Waals surface area contributed by atoms with E-state index in [1.165, 1.54) is 16.7 Å². The molecule has 0 N–H and O–H groups in total. The van der Waals surface area contributed by atoms with Gasteiger partial charge in [-0.3, -0.25) is 0 Å². The number of hydrogen-bond acceptors (Lipinski definition) is 2. The average molecular weight is 251 g/mol. The van der Waals surface area contributed by atoms with Gasteiger partial charge in [0.25, 0.3) is 0 Å². The monoisotopic (exact) mass is 251 g/mol. The van der Waals surface area contributed by atoms with Crippen LogP contribution < -0.4 is 4.74 Å². The first-order valence-electron chi connectivity index (χ1n) is 6.38. The summed E-state index contributed by atoms with van der Waals surface area (Å²) in [6.45, 7) is 4.83. The summed E-state index contributed by atoms with van der Waals surface area (Å²) in [7, 11) is 0. The fourth-order valence-corrected chi connectivity index (χ4v) is 1.84. The van der Waals surface area contributed by atoms with Crippen molar-refractivity contribution in [2.75, 3.05) is 6.61 Å². The predicted molar refractivity (Wildman–Crippen MR) is 76.3 cm³/mol. The molecule has 0 aromatic heterocycles. The van der Waals surface area contributed by atoms with Gasteiger partial charge < -0.3 is 4.74 Å². The molecule has 2 rings (SSSR count). The third-order valence-electron chi connectivity index (χ3n) is 3.22. The van der Waals surface area contributed by atoms with Crippen LogP contribution in [0.3, 0.4) is 0 Å². The van der Waals surface area contributed by atoms with Gasteiger partial charge in [0, 0.05) is 6.42 Å². The number of aryl methyl sites for hydroxylation is 2. The van der Waals surface area contributed by atoms with E-state index in [-0.39, 0.29) is 0 Å². The summed E-state index contributed by atoms with van der Waals surface area (Å²) in [5.41, 5.74) is 4.40. The quantitative estimate of drug-likeness (QED) is 0.828. The first-order chi connectivity index (χ1) is 9.19. The first-order valence-corrected chi connectivity index (χ1v) is 6.38. The van der Waals surface area contributed by atoms with Crippen LogP contribution in [0.25, 0.3) is 0 Å². The maximum atomic E-state index is 8.73. The van der Waals surface area contributed by atoms with Crippen molar-refractivity contribution in [3.05, 3.63) is 64.7 Å². The summed E-state index contributed by atoms with van der Waals surface area (Å²) in [5, 5.41) is 8.73. The van der Waals surface area contributed by atoms with Crippen molar-refractivity contribution in [3.8, 4) is 11.8 Å². The summed E-state index contributed by atoms with van der Waals surface area (Å²) in [6, 6.07) is 15.9. The maximum absolute atomic E-state index is 8.73. The van der Waals surface area contributed by atoms with E-state index in [0.717, 1.165) is 12.2 Å². The van der Waals surface area contributed by atoms with Gasteiger partial charge in [-0.2, -0.15) is 5.26 Å². The van der Waals surface area contributed by atoms with E-state index >= 15 is 0 Å². The Hall–Kier alpha value is -2.27. The standard InChI is InChI=1S/C17H17NO/c1-13-3-8-17(11-14(13)2)19-10-9-15-4-6-16(12-18)7-5-15/h3-8,11H,9-10H2,1-2H3. The fourth-order valence-electron chi connectivity index (χ4n) is 1.84. The number of rotatable bonds is 4. The van der Waals surface area contributed by atoms with Crippen molar-refractivity contribution in [3.63, 3.8) is 0 Å². The van der Waals surface area contributed by atoms with Crippen molar-refractivity contribution in [2.45, 2.75) is 20.3 Å². The average Bonchev–Trinajstić information content (AvgIpc) is 2.43. The molecule has 0 saturated heterocycles. The van der Waals surface area contributed by atoms with E-state index in [9.17, 15) is 0 Å². The Bertz CT molecular complexity index is 594. The van der Waals surface area contributed by atoms with Crippen LogP contribution in [0.2, 0.25) is 0 Å². The van der Waals surface area contributed by atoms with Gasteiger partial charge in [0.05, 0.1) is 18.2 Å². The molecule has 0 bridgehead atoms. The zero-order chi connectivity index (χ0) is 13.7. The molecule has 0 aliphatic carbocycles. The van der Waals surface area contributed by atoms with E-state index in [1.54, 1.807) is 0 Å². The molecule has 0 fully saturated rings. The molecule has 0 saturated carbocycles. The molecule has 0 amide bonds. The molecule has 2 nitrogen and oxygen atoms in total. The molecular formula is C17H17NO. The van der Waals surface area contributed by atoms with Crippen molar-refractivity contribution in [1.82, 2.24) is 0 Å². The number of nitrogens with zero attached hydrogens (tertiary/aromatic N) is 1. The van der Waals surface area contributed by atoms with E-state index in [2.05, 4.69) is 32.0 Å². The van der Waals surface area contributed by atoms with Crippen LogP contribution in [0.1, 0.15) is 22.3 Å². The molecule has 0 aliphatic heterocycles. The van der Waals surface area contributed by atoms with Gasteiger partial charge in [0.1, 0.15) is 5.75 Å². The Balaban J connectivity index is 1.89. The number of hydrogen-bond donors (Lipinski definition) is 0. The molecule has 2 heteroatoms. The van der Waals surface area contributed by atoms with Crippen molar-refractivity contribution >= 4 is 0 Å². The Kier molecular flexibility index (Phi) is 4.20. The third-order valence-corrected chi connectivity index (χ3v) is 3.22. The smallest absolute Gasteiger partial charge is 0.119 e. The number of ether oxygens (including phenoxy) is 1. The lowest BCUT2D eigenvalue weighted by molar-refractivity contribution is 0.321. The van der Waals surface area contributed by atoms with Crippen LogP contribution >= 0.6 is 0 Å². The molecule has 96 valence electrons. The highest BCUT2D eigenvalue weighted by molar-refractivity contribution is 5.34. The Morgan fingerprint density at radius 2 is 1.74 bits per heavy atom. The Morgan fingerprint density at radius 3 is 2.37 bits per heavy atom. The number of benzene rings is 2. The van der Waals surface area contributed by atoms with Crippen molar-refractivity contribution in [1.29, 1.82) is 5.26 Å². The molecular weight excluding hydrogens is 234 g/mol. The van der Waals surface area contributed by atoms with Gasteiger partial charge in [-0.05, 0) is 54.8 Å². The minimum absolute atomic E-state index is 0.647. The first kappa shape index (κ1) is 13.2. The predicted octanol–water partition coefficient (Wildman–Crippen LogP) is 3.80. The van der Waals surface area contributed by atoms with E-state index in [0.29, 0.717) is 12.2 Å². The van der Waals surface area contributed by atoms with E-state index < -0.39 is 0 Å². The second-order valence-corrected chi connectivity index (χ2v) is 4.65. The maximum Gasteiger partial charge on any atom is 0.119 e. The second kappa shape index (κ2) is 6.06. The zero-order valence-electron chi connectivity index (χ0n) is 11.3. The molecule has 0 unspecified atom stereocenters. The summed E-state index contributed by atoms with van der Waals surface area (Å²) in [6.07, 6.45) is 0.846. The van der Waals surface area contributed by atoms with Crippen molar-refractivity contribution in [2.24, 2.45) is 0 Å².